The molecule has 0 heterocycles. The number of ether oxygens (including phenoxy) is 3. The molecule has 3 atom stereocenters. The van der Waals surface area contributed by atoms with Crippen LogP contribution in [0.25, 0.3) is 0 Å². The Morgan fingerprint density at radius 2 is 0.643 bits per heavy atom. The quantitative estimate of drug-likeness (QED) is 0.0197. The van der Waals surface area contributed by atoms with Crippen molar-refractivity contribution in [3.8, 4) is 0 Å². The molecular formula is C72H119O11P. The van der Waals surface area contributed by atoms with Gasteiger partial charge in [0.05, 0.1) is 19.8 Å². The summed E-state index contributed by atoms with van der Waals surface area (Å²) < 4.78 is 39.6. The average molecular weight is 1190 g/mol. The number of carbonyl (C=O) groups is 3. The molecule has 0 amide bonds. The smallest absolute Gasteiger partial charge is 0.462 e. The maximum atomic E-state index is 13.0. The number of esters is 3. The zero-order valence-corrected chi connectivity index (χ0v) is 54.0. The lowest BCUT2D eigenvalue weighted by Crippen LogP contribution is -2.30. The summed E-state index contributed by atoms with van der Waals surface area (Å²) in [6.07, 6.45) is 82.8. The Kier molecular flexibility index (Phi) is 61.2. The maximum absolute atomic E-state index is 13.0. The first kappa shape index (κ1) is 79.6. The molecule has 0 saturated heterocycles. The minimum absolute atomic E-state index is 0.0348. The Hall–Kier alpha value is -4.38. The number of aliphatic hydroxyl groups excluding tert-OH is 1. The normalized spacial score (nSPS) is 14.1. The van der Waals surface area contributed by atoms with Crippen molar-refractivity contribution in [2.24, 2.45) is 0 Å². The molecule has 0 aromatic heterocycles. The first-order valence-corrected chi connectivity index (χ1v) is 34.6. The molecule has 0 bridgehead atoms. The number of hydrogen-bond acceptors (Lipinski definition) is 10. The predicted molar refractivity (Wildman–Crippen MR) is 353 cm³/mol. The number of phosphoric acid groups is 1. The summed E-state index contributed by atoms with van der Waals surface area (Å²) >= 11 is 0. The first-order valence-electron chi connectivity index (χ1n) is 33.1. The summed E-state index contributed by atoms with van der Waals surface area (Å²) in [5.74, 6) is -1.60. The van der Waals surface area contributed by atoms with Crippen LogP contribution < -0.4 is 0 Å². The second-order valence-electron chi connectivity index (χ2n) is 21.5. The van der Waals surface area contributed by atoms with Gasteiger partial charge in [-0.15, -0.1) is 0 Å². The summed E-state index contributed by atoms with van der Waals surface area (Å²) in [5, 5.41) is 9.86. The number of phosphoric ester groups is 1. The number of carbonyl (C=O) groups excluding carboxylic acids is 3. The van der Waals surface area contributed by atoms with Crippen molar-refractivity contribution < 1.29 is 52.2 Å². The van der Waals surface area contributed by atoms with Crippen LogP contribution in [0.2, 0.25) is 0 Å². The highest BCUT2D eigenvalue weighted by Gasteiger charge is 2.28. The molecule has 478 valence electrons. The van der Waals surface area contributed by atoms with Crippen molar-refractivity contribution in [1.29, 1.82) is 0 Å². The van der Waals surface area contributed by atoms with E-state index in [0.717, 1.165) is 103 Å². The van der Waals surface area contributed by atoms with E-state index in [9.17, 15) is 28.9 Å². The molecule has 11 nitrogen and oxygen atoms in total. The summed E-state index contributed by atoms with van der Waals surface area (Å²) in [7, 11) is -4.79. The van der Waals surface area contributed by atoms with Crippen LogP contribution in [0, 0.1) is 0 Å². The van der Waals surface area contributed by atoms with E-state index in [-0.39, 0.29) is 25.9 Å². The van der Waals surface area contributed by atoms with Gasteiger partial charge in [-0.2, -0.15) is 0 Å². The fourth-order valence-electron chi connectivity index (χ4n) is 8.65. The third kappa shape index (κ3) is 62.2. The van der Waals surface area contributed by atoms with Crippen molar-refractivity contribution in [2.75, 3.05) is 26.4 Å². The van der Waals surface area contributed by atoms with Crippen LogP contribution in [0.15, 0.2) is 134 Å². The van der Waals surface area contributed by atoms with Crippen LogP contribution in [0.1, 0.15) is 265 Å². The third-order valence-electron chi connectivity index (χ3n) is 13.6. The van der Waals surface area contributed by atoms with Gasteiger partial charge in [-0.1, -0.05) is 276 Å². The molecule has 0 radical (unpaired) electrons. The summed E-state index contributed by atoms with van der Waals surface area (Å²) in [5.41, 5.74) is 0. The van der Waals surface area contributed by atoms with Gasteiger partial charge in [0.15, 0.2) is 6.10 Å². The molecule has 0 aromatic carbocycles. The van der Waals surface area contributed by atoms with Crippen LogP contribution in [0.5, 0.6) is 0 Å². The molecule has 3 unspecified atom stereocenters. The Balaban J connectivity index is 4.83. The minimum atomic E-state index is -4.79. The van der Waals surface area contributed by atoms with Crippen molar-refractivity contribution >= 4 is 25.7 Å². The van der Waals surface area contributed by atoms with E-state index in [1.165, 1.54) is 96.3 Å². The Labute approximate surface area is 512 Å². The zero-order chi connectivity index (χ0) is 61.2. The second kappa shape index (κ2) is 64.6. The zero-order valence-electron chi connectivity index (χ0n) is 53.1. The topological polar surface area (TPSA) is 155 Å². The van der Waals surface area contributed by atoms with E-state index in [1.54, 1.807) is 0 Å². The summed E-state index contributed by atoms with van der Waals surface area (Å²) in [4.78, 5) is 48.8. The van der Waals surface area contributed by atoms with Crippen LogP contribution in [0.4, 0.5) is 0 Å². The molecule has 0 aliphatic rings. The number of hydrogen-bond donors (Lipinski definition) is 2. The number of aliphatic hydroxyl groups is 1. The van der Waals surface area contributed by atoms with Gasteiger partial charge in [0.2, 0.25) is 0 Å². The van der Waals surface area contributed by atoms with E-state index in [1.807, 2.05) is 12.2 Å². The largest absolute Gasteiger partial charge is 0.472 e. The van der Waals surface area contributed by atoms with E-state index in [4.69, 9.17) is 23.3 Å². The number of rotatable bonds is 60. The summed E-state index contributed by atoms with van der Waals surface area (Å²) in [6.45, 7) is 4.32. The van der Waals surface area contributed by atoms with Crippen molar-refractivity contribution in [1.82, 2.24) is 0 Å². The van der Waals surface area contributed by atoms with E-state index in [2.05, 4.69) is 142 Å². The van der Waals surface area contributed by atoms with E-state index in [0.29, 0.717) is 25.7 Å². The van der Waals surface area contributed by atoms with Gasteiger partial charge < -0.3 is 24.2 Å². The molecule has 12 heteroatoms. The number of unbranched alkanes of at least 4 members (excludes halogenated alkanes) is 21. The molecule has 0 spiro atoms. The van der Waals surface area contributed by atoms with Gasteiger partial charge in [-0.05, 0) is 103 Å². The lowest BCUT2D eigenvalue weighted by Gasteiger charge is -2.21. The highest BCUT2D eigenvalue weighted by molar-refractivity contribution is 7.47. The SMILES string of the molecule is CC/C=C\C/C=C\C/C=C\C/C=C\C/C=C\C/C=C\CCC(=O)OC(COC(=O)CCCCCCCCCCCCCCCCCCCCC)COP(=O)(O)OCC(CO)OC(=O)CCCCC/C=C\C/C=C\C/C=C\C/C=C\C/C=C\CC. The number of allylic oxidation sites excluding steroid dienone is 22. The lowest BCUT2D eigenvalue weighted by molar-refractivity contribution is -0.161. The fourth-order valence-corrected chi connectivity index (χ4v) is 9.43. The van der Waals surface area contributed by atoms with Gasteiger partial charge in [-0.25, -0.2) is 4.57 Å². The molecule has 0 aliphatic carbocycles. The van der Waals surface area contributed by atoms with Crippen molar-refractivity contribution in [2.45, 2.75) is 277 Å². The molecule has 0 saturated carbocycles. The Bertz CT molecular complexity index is 1920. The Morgan fingerprint density at radius 3 is 1.02 bits per heavy atom. The third-order valence-corrected chi connectivity index (χ3v) is 14.5. The van der Waals surface area contributed by atoms with Gasteiger partial charge in [0.1, 0.15) is 12.7 Å². The van der Waals surface area contributed by atoms with Crippen molar-refractivity contribution in [3.63, 3.8) is 0 Å². The Morgan fingerprint density at radius 1 is 0.345 bits per heavy atom. The van der Waals surface area contributed by atoms with Gasteiger partial charge in [0.25, 0.3) is 0 Å². The van der Waals surface area contributed by atoms with Crippen molar-refractivity contribution in [3.05, 3.63) is 134 Å². The van der Waals surface area contributed by atoms with E-state index < -0.39 is 57.8 Å². The van der Waals surface area contributed by atoms with Gasteiger partial charge >= 0.3 is 25.7 Å². The molecular weight excluding hydrogens is 1070 g/mol. The monoisotopic (exact) mass is 1190 g/mol. The lowest BCUT2D eigenvalue weighted by atomic mass is 10.0. The molecule has 0 fully saturated rings. The van der Waals surface area contributed by atoms with E-state index >= 15 is 0 Å². The fraction of sp³-hybridized carbons (Fsp3) is 0.653. The van der Waals surface area contributed by atoms with Gasteiger partial charge in [0, 0.05) is 19.3 Å². The highest BCUT2D eigenvalue weighted by atomic mass is 31.2. The molecule has 0 aromatic rings. The molecule has 0 aliphatic heterocycles. The van der Waals surface area contributed by atoms with Gasteiger partial charge in [-0.3, -0.25) is 23.4 Å². The predicted octanol–water partition coefficient (Wildman–Crippen LogP) is 20.5. The highest BCUT2D eigenvalue weighted by Crippen LogP contribution is 2.43. The maximum Gasteiger partial charge on any atom is 0.472 e. The second-order valence-corrected chi connectivity index (χ2v) is 23.0. The van der Waals surface area contributed by atoms with Crippen LogP contribution in [-0.4, -0.2) is 66.5 Å². The van der Waals surface area contributed by atoms with Crippen LogP contribution >= 0.6 is 7.82 Å². The molecule has 84 heavy (non-hydrogen) atoms. The minimum Gasteiger partial charge on any atom is -0.462 e. The first-order chi connectivity index (χ1) is 41.2. The summed E-state index contributed by atoms with van der Waals surface area (Å²) in [6, 6.07) is 0. The molecule has 2 N–H and O–H groups in total. The standard InChI is InChI=1S/C72H119O11P/c1-4-7-10-13-16-19-22-25-28-31-34-37-40-43-46-49-52-55-58-61-70(74)79-65-69(83-72(76)63-60-57-54-51-48-45-42-39-36-33-30-27-24-21-18-15-12-9-6-3)67-81-84(77,78)80-66-68(64-73)82-71(75)62-59-56-53-50-47-44-41-38-35-32-29-26-23-20-17-14-11-8-5-2/h8-9,11-12,17-18,20-21,26-27,29-30,35-36,38-39,44-45,47-48,54,57,68-69,73H,4-7,10,13-16,19,22-25,28,31-34,37,40-43,46,49-53,55-56,58-67H2,1-3H3,(H,77,78)/b11-8-,12-9-,20-17-,21-18-,29-26-,30-27-,38-35-,39-36-,47-44-,48-45-,57-54-. The molecule has 0 rings (SSSR count). The van der Waals surface area contributed by atoms with Crippen LogP contribution in [-0.2, 0) is 42.2 Å². The average Bonchev–Trinajstić information content (AvgIpc) is 3.53. The van der Waals surface area contributed by atoms with Crippen LogP contribution in [0.3, 0.4) is 0 Å².